The number of rotatable bonds is 2. The fraction of sp³-hybridized carbons (Fsp3) is 0.105. The molecule has 26 heavy (non-hydrogen) atoms. The summed E-state index contributed by atoms with van der Waals surface area (Å²) in [6.45, 7) is -0.397. The zero-order valence-electron chi connectivity index (χ0n) is 13.3. The number of nitrogens with zero attached hydrogens (tertiary/aromatic N) is 3. The topological polar surface area (TPSA) is 65.6 Å². The molecule has 5 nitrogen and oxygen atoms in total. The molecule has 0 bridgehead atoms. The Hall–Kier alpha value is -3.53. The van der Waals surface area contributed by atoms with Gasteiger partial charge in [-0.25, -0.2) is 0 Å². The highest BCUT2D eigenvalue weighted by Crippen LogP contribution is 2.38. The van der Waals surface area contributed by atoms with Crippen LogP contribution in [0.5, 0.6) is 0 Å². The number of amides is 2. The van der Waals surface area contributed by atoms with Gasteiger partial charge in [0, 0.05) is 29.1 Å². The molecule has 0 fully saturated rings. The fourth-order valence-corrected chi connectivity index (χ4v) is 3.21. The van der Waals surface area contributed by atoms with Crippen molar-refractivity contribution >= 4 is 17.3 Å². The van der Waals surface area contributed by atoms with E-state index in [1.54, 1.807) is 35.0 Å². The zero-order valence-corrected chi connectivity index (χ0v) is 13.3. The molecule has 3 heterocycles. The number of benzene rings is 1. The Labute approximate surface area is 146 Å². The maximum Gasteiger partial charge on any atom is 0.351 e. The van der Waals surface area contributed by atoms with Gasteiger partial charge in [0.1, 0.15) is 6.07 Å². The van der Waals surface area contributed by atoms with Crippen LogP contribution in [0.25, 0.3) is 5.52 Å². The van der Waals surface area contributed by atoms with Gasteiger partial charge in [-0.3, -0.25) is 14.5 Å². The minimum absolute atomic E-state index is 0.209. The summed E-state index contributed by atoms with van der Waals surface area (Å²) in [5, 5.41) is 9.43. The summed E-state index contributed by atoms with van der Waals surface area (Å²) in [5.41, 5.74) is 0.353. The molecule has 4 rings (SSSR count). The van der Waals surface area contributed by atoms with Crippen LogP contribution in [0.15, 0.2) is 54.9 Å². The van der Waals surface area contributed by atoms with Crippen LogP contribution in [0.1, 0.15) is 27.0 Å². The van der Waals surface area contributed by atoms with Crippen molar-refractivity contribution in [2.45, 2.75) is 12.5 Å². The van der Waals surface area contributed by atoms with Gasteiger partial charge >= 0.3 is 11.8 Å². The van der Waals surface area contributed by atoms with Gasteiger partial charge in [-0.15, -0.1) is 0 Å². The van der Waals surface area contributed by atoms with Crippen LogP contribution < -0.4 is 0 Å². The Balaban J connectivity index is 1.82. The molecule has 0 spiro atoms. The van der Waals surface area contributed by atoms with Crippen molar-refractivity contribution in [1.29, 1.82) is 5.26 Å². The van der Waals surface area contributed by atoms with E-state index < -0.39 is 29.8 Å². The first kappa shape index (κ1) is 16.0. The number of hydrogen-bond donors (Lipinski definition) is 0. The second kappa shape index (κ2) is 5.49. The summed E-state index contributed by atoms with van der Waals surface area (Å²) in [5.74, 6) is -6.17. The number of carbonyl (C=O) groups is 2. The summed E-state index contributed by atoms with van der Waals surface area (Å²) in [7, 11) is 0. The Morgan fingerprint density at radius 3 is 2.58 bits per heavy atom. The van der Waals surface area contributed by atoms with E-state index in [-0.39, 0.29) is 11.1 Å². The molecule has 2 aromatic heterocycles. The minimum atomic E-state index is -3.80. The van der Waals surface area contributed by atoms with E-state index in [1.165, 1.54) is 18.2 Å². The molecule has 1 aromatic carbocycles. The smallest absolute Gasteiger partial charge is 0.322 e. The first-order valence-electron chi connectivity index (χ1n) is 7.77. The number of alkyl halides is 2. The highest BCUT2D eigenvalue weighted by atomic mass is 19.3. The molecule has 1 aliphatic heterocycles. The van der Waals surface area contributed by atoms with E-state index >= 15 is 0 Å². The van der Waals surface area contributed by atoms with Crippen molar-refractivity contribution in [3.05, 3.63) is 77.1 Å². The molecule has 0 aliphatic carbocycles. The summed E-state index contributed by atoms with van der Waals surface area (Å²) < 4.78 is 30.6. The van der Waals surface area contributed by atoms with Gasteiger partial charge in [0.25, 0.3) is 5.91 Å². The third-order valence-electron chi connectivity index (χ3n) is 4.46. The number of pyridine rings is 1. The largest absolute Gasteiger partial charge is 0.351 e. The molecule has 128 valence electrons. The lowest BCUT2D eigenvalue weighted by molar-refractivity contribution is -0.158. The van der Waals surface area contributed by atoms with E-state index in [9.17, 15) is 23.6 Å². The summed E-state index contributed by atoms with van der Waals surface area (Å²) in [4.78, 5) is 25.4. The molecule has 0 unspecified atom stereocenters. The monoisotopic (exact) mass is 351 g/mol. The van der Waals surface area contributed by atoms with Crippen molar-refractivity contribution in [2.24, 2.45) is 0 Å². The molecular weight excluding hydrogens is 340 g/mol. The molecule has 0 N–H and O–H groups in total. The van der Waals surface area contributed by atoms with Crippen molar-refractivity contribution in [2.75, 3.05) is 0 Å². The Kier molecular flexibility index (Phi) is 3.37. The van der Waals surface area contributed by atoms with E-state index in [4.69, 9.17) is 0 Å². The van der Waals surface area contributed by atoms with Gasteiger partial charge in [-0.2, -0.15) is 14.0 Å². The van der Waals surface area contributed by atoms with Gasteiger partial charge in [0.15, 0.2) is 0 Å². The van der Waals surface area contributed by atoms with Gasteiger partial charge < -0.3 is 4.40 Å². The third-order valence-corrected chi connectivity index (χ3v) is 4.46. The fourth-order valence-electron chi connectivity index (χ4n) is 3.21. The lowest BCUT2D eigenvalue weighted by atomic mass is 9.94. The summed E-state index contributed by atoms with van der Waals surface area (Å²) in [6.07, 6.45) is 3.26. The Morgan fingerprint density at radius 1 is 1.08 bits per heavy atom. The SMILES string of the molecule is N#Cc1c(CN2C(=O)c3ccccc3C(F)(F)C2=O)cn2ccccc12. The molecule has 3 aromatic rings. The molecular formula is C19H11F2N3O2. The highest BCUT2D eigenvalue weighted by molar-refractivity contribution is 6.11. The average molecular weight is 351 g/mol. The highest BCUT2D eigenvalue weighted by Gasteiger charge is 2.52. The minimum Gasteiger partial charge on any atom is -0.322 e. The second-order valence-corrected chi connectivity index (χ2v) is 5.95. The Bertz CT molecular complexity index is 1110. The van der Waals surface area contributed by atoms with Crippen LogP contribution >= 0.6 is 0 Å². The molecule has 0 radical (unpaired) electrons. The van der Waals surface area contributed by atoms with E-state index in [0.717, 1.165) is 6.07 Å². The van der Waals surface area contributed by atoms with Crippen LogP contribution in [-0.2, 0) is 17.3 Å². The molecule has 0 atom stereocenters. The van der Waals surface area contributed by atoms with Crippen LogP contribution in [0.3, 0.4) is 0 Å². The number of aromatic nitrogens is 1. The van der Waals surface area contributed by atoms with Crippen LogP contribution in [0, 0.1) is 11.3 Å². The van der Waals surface area contributed by atoms with Gasteiger partial charge in [-0.1, -0.05) is 24.3 Å². The third kappa shape index (κ3) is 2.12. The lowest BCUT2D eigenvalue weighted by Crippen LogP contribution is -2.50. The second-order valence-electron chi connectivity index (χ2n) is 5.95. The van der Waals surface area contributed by atoms with Gasteiger partial charge in [0.2, 0.25) is 0 Å². The molecule has 0 saturated heterocycles. The van der Waals surface area contributed by atoms with E-state index in [2.05, 4.69) is 0 Å². The van der Waals surface area contributed by atoms with Crippen LogP contribution in [0.4, 0.5) is 8.78 Å². The predicted molar refractivity (Wildman–Crippen MR) is 87.3 cm³/mol. The molecule has 0 saturated carbocycles. The quantitative estimate of drug-likeness (QED) is 0.667. The average Bonchev–Trinajstić information content (AvgIpc) is 3.01. The van der Waals surface area contributed by atoms with Gasteiger partial charge in [-0.05, 0) is 18.2 Å². The van der Waals surface area contributed by atoms with Crippen molar-refractivity contribution in [1.82, 2.24) is 9.30 Å². The van der Waals surface area contributed by atoms with Crippen LogP contribution in [0.2, 0.25) is 0 Å². The molecule has 2 amide bonds. The maximum absolute atomic E-state index is 14.5. The van der Waals surface area contributed by atoms with Gasteiger partial charge in [0.05, 0.1) is 17.6 Å². The maximum atomic E-state index is 14.5. The number of halogens is 2. The lowest BCUT2D eigenvalue weighted by Gasteiger charge is -2.31. The van der Waals surface area contributed by atoms with Crippen molar-refractivity contribution in [3.63, 3.8) is 0 Å². The van der Waals surface area contributed by atoms with Crippen molar-refractivity contribution < 1.29 is 18.4 Å². The molecule has 1 aliphatic rings. The van der Waals surface area contributed by atoms with Crippen molar-refractivity contribution in [3.8, 4) is 6.07 Å². The standard InChI is InChI=1S/C19H11F2N3O2/c20-19(21)15-6-2-1-5-13(15)17(25)24(18(19)26)11-12-10-23-8-4-3-7-16(23)14(12)9-22/h1-8,10H,11H2. The zero-order chi connectivity index (χ0) is 18.5. The number of carbonyl (C=O) groups excluding carboxylic acids is 2. The van der Waals surface area contributed by atoms with E-state index in [0.29, 0.717) is 16.0 Å². The predicted octanol–water partition coefficient (Wildman–Crippen LogP) is 3.09. The summed E-state index contributed by atoms with van der Waals surface area (Å²) >= 11 is 0. The van der Waals surface area contributed by atoms with E-state index in [1.807, 2.05) is 6.07 Å². The number of nitriles is 1. The normalized spacial score (nSPS) is 15.8. The Morgan fingerprint density at radius 2 is 1.81 bits per heavy atom. The summed E-state index contributed by atoms with van der Waals surface area (Å²) in [6, 6.07) is 12.4. The molecule has 7 heteroatoms. The first-order valence-corrected chi connectivity index (χ1v) is 7.77. The number of imide groups is 1. The number of fused-ring (bicyclic) bond motifs is 2. The van der Waals surface area contributed by atoms with Crippen LogP contribution in [-0.4, -0.2) is 21.1 Å². The number of hydrogen-bond acceptors (Lipinski definition) is 3. The first-order chi connectivity index (χ1) is 12.4.